The Bertz CT molecular complexity index is 920. The molecule has 2 saturated heterocycles. The molecule has 1 aromatic carbocycles. The Kier molecular flexibility index (Phi) is 8.34. The number of ether oxygens (including phenoxy) is 2. The zero-order chi connectivity index (χ0) is 24.8. The second-order valence-corrected chi connectivity index (χ2v) is 10.8. The van der Waals surface area contributed by atoms with E-state index in [0.717, 1.165) is 49.7 Å². The molecule has 0 spiro atoms. The molecule has 3 aliphatic rings. The molecule has 35 heavy (non-hydrogen) atoms. The quantitative estimate of drug-likeness (QED) is 0.641. The highest BCUT2D eigenvalue weighted by Gasteiger charge is 2.32. The van der Waals surface area contributed by atoms with Crippen LogP contribution in [0.3, 0.4) is 0 Å². The van der Waals surface area contributed by atoms with Gasteiger partial charge in [-0.1, -0.05) is 12.2 Å². The fourth-order valence-electron chi connectivity index (χ4n) is 5.08. The Balaban J connectivity index is 1.47. The van der Waals surface area contributed by atoms with E-state index in [-0.39, 0.29) is 35.7 Å². The Hall–Kier alpha value is -2.58. The summed E-state index contributed by atoms with van der Waals surface area (Å²) < 4.78 is 11.6. The van der Waals surface area contributed by atoms with Crippen LogP contribution in [0.1, 0.15) is 39.2 Å². The van der Waals surface area contributed by atoms with Crippen molar-refractivity contribution in [2.75, 3.05) is 57.4 Å². The van der Waals surface area contributed by atoms with Gasteiger partial charge in [0.15, 0.2) is 0 Å². The molecule has 2 amide bonds. The first-order valence-electron chi connectivity index (χ1n) is 12.8. The maximum Gasteiger partial charge on any atom is 0.236 e. The number of carbonyl (C=O) groups excluding carboxylic acids is 2. The van der Waals surface area contributed by atoms with E-state index >= 15 is 0 Å². The molecular weight excluding hydrogens is 444 g/mol. The highest BCUT2D eigenvalue weighted by Crippen LogP contribution is 2.29. The zero-order valence-corrected chi connectivity index (χ0v) is 21.3. The largest absolute Gasteiger partial charge is 0.489 e. The summed E-state index contributed by atoms with van der Waals surface area (Å²) in [6.45, 7) is 11.8. The van der Waals surface area contributed by atoms with Gasteiger partial charge in [0, 0.05) is 55.9 Å². The van der Waals surface area contributed by atoms with Crippen LogP contribution in [0, 0.1) is 11.8 Å². The average molecular weight is 485 g/mol. The van der Waals surface area contributed by atoms with Crippen molar-refractivity contribution in [3.63, 3.8) is 0 Å². The molecule has 192 valence electrons. The number of nitrogens with one attached hydrogen (secondary N) is 2. The van der Waals surface area contributed by atoms with Crippen LogP contribution < -0.4 is 20.3 Å². The minimum Gasteiger partial charge on any atom is -0.489 e. The van der Waals surface area contributed by atoms with E-state index in [9.17, 15) is 9.59 Å². The van der Waals surface area contributed by atoms with Gasteiger partial charge in [-0.05, 0) is 57.2 Å². The van der Waals surface area contributed by atoms with Crippen LogP contribution in [0.4, 0.5) is 5.69 Å². The molecule has 8 nitrogen and oxygen atoms in total. The first-order valence-corrected chi connectivity index (χ1v) is 12.8. The summed E-state index contributed by atoms with van der Waals surface area (Å²) in [5.41, 5.74) is 1.95. The summed E-state index contributed by atoms with van der Waals surface area (Å²) in [4.78, 5) is 29.8. The number of nitrogens with zero attached hydrogens (tertiary/aromatic N) is 2. The van der Waals surface area contributed by atoms with Crippen molar-refractivity contribution < 1.29 is 19.1 Å². The number of fused-ring (bicyclic) bond motifs is 3. The van der Waals surface area contributed by atoms with Crippen molar-refractivity contribution >= 4 is 17.5 Å². The second kappa shape index (κ2) is 11.4. The molecule has 0 aliphatic carbocycles. The van der Waals surface area contributed by atoms with Crippen molar-refractivity contribution in [3.05, 3.63) is 35.9 Å². The maximum atomic E-state index is 13.0. The number of carbonyl (C=O) groups is 2. The first kappa shape index (κ1) is 25.5. The standard InChI is InChI=1S/C27H40N4O4/c1-27(2,3)29-25(32)16-20-8-9-31-19-21(20)5-4-12-35-24-7-6-23(30-10-13-34-14-11-30)15-22(24)17-28-18-26(31)33/h4-7,15,20-21,28H,8-14,16-19H2,1-3H3,(H,29,32)/b5-4+/t20-,21-/m0/s1. The van der Waals surface area contributed by atoms with E-state index < -0.39 is 0 Å². The van der Waals surface area contributed by atoms with Crippen LogP contribution in [-0.2, 0) is 20.9 Å². The molecule has 1 aromatic rings. The summed E-state index contributed by atoms with van der Waals surface area (Å²) >= 11 is 0. The molecule has 2 N–H and O–H groups in total. The number of hydrogen-bond donors (Lipinski definition) is 2. The average Bonchev–Trinajstić information content (AvgIpc) is 2.83. The van der Waals surface area contributed by atoms with Gasteiger partial charge >= 0.3 is 0 Å². The summed E-state index contributed by atoms with van der Waals surface area (Å²) in [5, 5.41) is 6.41. The smallest absolute Gasteiger partial charge is 0.236 e. The van der Waals surface area contributed by atoms with Crippen molar-refractivity contribution in [1.29, 1.82) is 0 Å². The second-order valence-electron chi connectivity index (χ2n) is 10.8. The number of benzene rings is 1. The van der Waals surface area contributed by atoms with E-state index in [1.165, 1.54) is 0 Å². The van der Waals surface area contributed by atoms with E-state index in [4.69, 9.17) is 9.47 Å². The Labute approximate surface area is 209 Å². The lowest BCUT2D eigenvalue weighted by atomic mass is 9.82. The van der Waals surface area contributed by atoms with Gasteiger partial charge in [-0.15, -0.1) is 0 Å². The number of anilines is 1. The fourth-order valence-corrected chi connectivity index (χ4v) is 5.08. The van der Waals surface area contributed by atoms with E-state index in [1.54, 1.807) is 0 Å². The third-order valence-corrected chi connectivity index (χ3v) is 6.85. The van der Waals surface area contributed by atoms with Crippen LogP contribution in [0.15, 0.2) is 30.4 Å². The molecule has 2 bridgehead atoms. The van der Waals surface area contributed by atoms with Crippen LogP contribution in [-0.4, -0.2) is 74.8 Å². The third-order valence-electron chi connectivity index (χ3n) is 6.85. The minimum absolute atomic E-state index is 0.0708. The van der Waals surface area contributed by atoms with E-state index in [1.807, 2.05) is 37.8 Å². The Morgan fingerprint density at radius 2 is 1.94 bits per heavy atom. The minimum atomic E-state index is -0.247. The highest BCUT2D eigenvalue weighted by molar-refractivity contribution is 5.79. The topological polar surface area (TPSA) is 83.1 Å². The van der Waals surface area contributed by atoms with E-state index in [2.05, 4.69) is 33.7 Å². The number of piperidine rings is 1. The molecule has 0 unspecified atom stereocenters. The molecule has 8 heteroatoms. The van der Waals surface area contributed by atoms with Gasteiger partial charge in [-0.3, -0.25) is 9.59 Å². The Morgan fingerprint density at radius 3 is 2.71 bits per heavy atom. The van der Waals surface area contributed by atoms with Gasteiger partial charge in [0.05, 0.1) is 19.8 Å². The molecule has 3 heterocycles. The van der Waals surface area contributed by atoms with Crippen LogP contribution in [0.25, 0.3) is 0 Å². The highest BCUT2D eigenvalue weighted by atomic mass is 16.5. The number of amides is 2. The van der Waals surface area contributed by atoms with Gasteiger partial charge < -0.3 is 29.9 Å². The SMILES string of the molecule is CC(C)(C)NC(=O)C[C@@H]1CCN2C[C@@H]1/C=C/COc1ccc(N3CCOCC3)cc1CNCC2=O. The molecule has 0 aromatic heterocycles. The van der Waals surface area contributed by atoms with Crippen LogP contribution in [0.2, 0.25) is 0 Å². The molecule has 4 rings (SSSR count). The lowest BCUT2D eigenvalue weighted by Crippen LogP contribution is -2.48. The van der Waals surface area contributed by atoms with Gasteiger partial charge in [-0.2, -0.15) is 0 Å². The van der Waals surface area contributed by atoms with Gasteiger partial charge in [-0.25, -0.2) is 0 Å². The summed E-state index contributed by atoms with van der Waals surface area (Å²) in [5.74, 6) is 1.34. The number of morpholine rings is 1. The predicted octanol–water partition coefficient (Wildman–Crippen LogP) is 2.33. The predicted molar refractivity (Wildman–Crippen MR) is 137 cm³/mol. The van der Waals surface area contributed by atoms with Crippen molar-refractivity contribution in [1.82, 2.24) is 15.5 Å². The lowest BCUT2D eigenvalue weighted by Gasteiger charge is -2.37. The van der Waals surface area contributed by atoms with Crippen molar-refractivity contribution in [2.45, 2.75) is 45.7 Å². The number of hydrogen-bond acceptors (Lipinski definition) is 6. The molecule has 3 aliphatic heterocycles. The van der Waals surface area contributed by atoms with Gasteiger partial charge in [0.25, 0.3) is 0 Å². The van der Waals surface area contributed by atoms with Crippen molar-refractivity contribution in [2.24, 2.45) is 11.8 Å². The van der Waals surface area contributed by atoms with Crippen molar-refractivity contribution in [3.8, 4) is 5.75 Å². The van der Waals surface area contributed by atoms with Crippen LogP contribution >= 0.6 is 0 Å². The number of rotatable bonds is 3. The molecule has 0 saturated carbocycles. The zero-order valence-electron chi connectivity index (χ0n) is 21.3. The summed E-state index contributed by atoms with van der Waals surface area (Å²) in [6, 6.07) is 6.28. The summed E-state index contributed by atoms with van der Waals surface area (Å²) in [7, 11) is 0. The molecule has 2 atom stereocenters. The Morgan fingerprint density at radius 1 is 1.14 bits per heavy atom. The van der Waals surface area contributed by atoms with E-state index in [0.29, 0.717) is 32.7 Å². The molecule has 0 radical (unpaired) electrons. The maximum absolute atomic E-state index is 13.0. The monoisotopic (exact) mass is 484 g/mol. The normalized spacial score (nSPS) is 24.8. The third kappa shape index (κ3) is 7.21. The lowest BCUT2D eigenvalue weighted by molar-refractivity contribution is -0.132. The van der Waals surface area contributed by atoms with Gasteiger partial charge in [0.2, 0.25) is 11.8 Å². The molecular formula is C27H40N4O4. The molecule has 2 fully saturated rings. The fraction of sp³-hybridized carbons (Fsp3) is 0.630. The van der Waals surface area contributed by atoms with Crippen LogP contribution in [0.5, 0.6) is 5.75 Å². The summed E-state index contributed by atoms with van der Waals surface area (Å²) in [6.07, 6.45) is 5.47. The first-order chi connectivity index (χ1) is 16.8. The van der Waals surface area contributed by atoms with Gasteiger partial charge in [0.1, 0.15) is 12.4 Å².